The van der Waals surface area contributed by atoms with Crippen LogP contribution in [0.15, 0.2) is 75.9 Å². The third kappa shape index (κ3) is 4.24. The van der Waals surface area contributed by atoms with Gasteiger partial charge in [-0.1, -0.05) is 24.3 Å². The smallest absolute Gasteiger partial charge is 0.265 e. The van der Waals surface area contributed by atoms with Crippen LogP contribution in [-0.2, 0) is 14.8 Å². The van der Waals surface area contributed by atoms with Crippen LogP contribution < -0.4 is 15.4 Å². The van der Waals surface area contributed by atoms with E-state index in [1.54, 1.807) is 54.6 Å². The molecule has 0 bridgehead atoms. The predicted molar refractivity (Wildman–Crippen MR) is 116 cm³/mol. The van der Waals surface area contributed by atoms with Crippen molar-refractivity contribution in [1.82, 2.24) is 4.72 Å². The summed E-state index contributed by atoms with van der Waals surface area (Å²) >= 11 is 1.33. The van der Waals surface area contributed by atoms with Gasteiger partial charge in [0, 0.05) is 16.9 Å². The number of thiophene rings is 1. The maximum atomic E-state index is 12.3. The summed E-state index contributed by atoms with van der Waals surface area (Å²) in [5, 5.41) is 7.27. The van der Waals surface area contributed by atoms with Gasteiger partial charge in [-0.05, 0) is 41.8 Å². The average molecular weight is 441 g/mol. The summed E-state index contributed by atoms with van der Waals surface area (Å²) in [6.07, 6.45) is 0. The SMILES string of the molecule is O=C(CN=C1NS(=O)(=O)c2ccccc21)Nc1cccc(NC(=O)c2cccs2)c1. The molecule has 8 nitrogen and oxygen atoms in total. The van der Waals surface area contributed by atoms with Crippen LogP contribution in [0.25, 0.3) is 0 Å². The zero-order valence-electron chi connectivity index (χ0n) is 15.5. The molecule has 0 spiro atoms. The number of rotatable bonds is 5. The Bertz CT molecular complexity index is 1250. The summed E-state index contributed by atoms with van der Waals surface area (Å²) in [7, 11) is -3.65. The fourth-order valence-electron chi connectivity index (χ4n) is 2.88. The molecule has 4 rings (SSSR count). The molecule has 1 aromatic heterocycles. The molecule has 30 heavy (non-hydrogen) atoms. The average Bonchev–Trinajstić information content (AvgIpc) is 3.34. The molecular weight excluding hydrogens is 424 g/mol. The maximum Gasteiger partial charge on any atom is 0.265 e. The Hall–Kier alpha value is -3.50. The number of anilines is 2. The van der Waals surface area contributed by atoms with Crippen LogP contribution in [0, 0.1) is 0 Å². The van der Waals surface area contributed by atoms with E-state index in [1.165, 1.54) is 17.4 Å². The Kier molecular flexibility index (Phi) is 5.34. The van der Waals surface area contributed by atoms with Crippen molar-refractivity contribution < 1.29 is 18.0 Å². The Morgan fingerprint density at radius 2 is 1.73 bits per heavy atom. The predicted octanol–water partition coefficient (Wildman–Crippen LogP) is 2.68. The molecule has 0 atom stereocenters. The molecular formula is C20H16N4O4S2. The lowest BCUT2D eigenvalue weighted by molar-refractivity contribution is -0.114. The molecule has 152 valence electrons. The van der Waals surface area contributed by atoms with E-state index < -0.39 is 15.9 Å². The van der Waals surface area contributed by atoms with Crippen molar-refractivity contribution in [3.8, 4) is 0 Å². The van der Waals surface area contributed by atoms with E-state index in [2.05, 4.69) is 20.3 Å². The third-order valence-corrected chi connectivity index (χ3v) is 6.46. The standard InChI is InChI=1S/C20H16N4O4S2/c25-18(12-21-19-15-7-1-2-9-17(15)30(27,28)24-19)22-13-5-3-6-14(11-13)23-20(26)16-8-4-10-29-16/h1-11H,12H2,(H,21,24)(H,22,25)(H,23,26). The molecule has 0 unspecified atom stereocenters. The second-order valence-electron chi connectivity index (χ2n) is 6.33. The molecule has 2 aromatic carbocycles. The lowest BCUT2D eigenvalue weighted by atomic mass is 10.2. The number of nitrogens with zero attached hydrogens (tertiary/aromatic N) is 1. The first kappa shape index (κ1) is 19.8. The minimum Gasteiger partial charge on any atom is -0.324 e. The quantitative estimate of drug-likeness (QED) is 0.565. The molecule has 3 N–H and O–H groups in total. The number of fused-ring (bicyclic) bond motifs is 1. The fourth-order valence-corrected chi connectivity index (χ4v) is 4.75. The van der Waals surface area contributed by atoms with Crippen LogP contribution in [0.1, 0.15) is 15.2 Å². The topological polar surface area (TPSA) is 117 Å². The number of amides is 2. The van der Waals surface area contributed by atoms with E-state index in [0.29, 0.717) is 21.8 Å². The summed E-state index contributed by atoms with van der Waals surface area (Å²) in [6.45, 7) is -0.266. The first-order valence-electron chi connectivity index (χ1n) is 8.84. The van der Waals surface area contributed by atoms with E-state index in [9.17, 15) is 18.0 Å². The molecule has 3 aromatic rings. The lowest BCUT2D eigenvalue weighted by Crippen LogP contribution is -2.24. The number of benzene rings is 2. The molecule has 0 saturated heterocycles. The largest absolute Gasteiger partial charge is 0.324 e. The molecule has 10 heteroatoms. The first-order chi connectivity index (χ1) is 14.4. The number of amidine groups is 1. The Labute approximate surface area is 176 Å². The van der Waals surface area contributed by atoms with E-state index in [1.807, 2.05) is 5.38 Å². The highest BCUT2D eigenvalue weighted by atomic mass is 32.2. The Morgan fingerprint density at radius 3 is 2.50 bits per heavy atom. The van der Waals surface area contributed by atoms with Crippen LogP contribution in [0.4, 0.5) is 11.4 Å². The Balaban J connectivity index is 1.42. The van der Waals surface area contributed by atoms with Crippen molar-refractivity contribution in [2.24, 2.45) is 4.99 Å². The summed E-state index contributed by atoms with van der Waals surface area (Å²) in [4.78, 5) is 29.3. The number of hydrogen-bond acceptors (Lipinski definition) is 6. The number of aliphatic imine (C=N–C) groups is 1. The number of nitrogens with one attached hydrogen (secondary N) is 3. The number of sulfonamides is 1. The van der Waals surface area contributed by atoms with Gasteiger partial charge >= 0.3 is 0 Å². The van der Waals surface area contributed by atoms with Crippen molar-refractivity contribution >= 4 is 50.4 Å². The number of carbonyl (C=O) groups is 2. The second kappa shape index (κ2) is 8.09. The molecule has 1 aliphatic rings. The van der Waals surface area contributed by atoms with Crippen LogP contribution in [-0.4, -0.2) is 32.6 Å². The van der Waals surface area contributed by atoms with E-state index in [-0.39, 0.29) is 23.2 Å². The van der Waals surface area contributed by atoms with Crippen LogP contribution >= 0.6 is 11.3 Å². The molecule has 1 aliphatic heterocycles. The van der Waals surface area contributed by atoms with Gasteiger partial charge in [-0.3, -0.25) is 19.3 Å². The van der Waals surface area contributed by atoms with E-state index >= 15 is 0 Å². The third-order valence-electron chi connectivity index (χ3n) is 4.19. The van der Waals surface area contributed by atoms with Crippen molar-refractivity contribution in [2.75, 3.05) is 17.2 Å². The lowest BCUT2D eigenvalue weighted by Gasteiger charge is -2.08. The highest BCUT2D eigenvalue weighted by Crippen LogP contribution is 2.22. The van der Waals surface area contributed by atoms with E-state index in [4.69, 9.17) is 0 Å². The van der Waals surface area contributed by atoms with Crippen molar-refractivity contribution in [1.29, 1.82) is 0 Å². The monoisotopic (exact) mass is 440 g/mol. The van der Waals surface area contributed by atoms with Gasteiger partial charge in [-0.2, -0.15) is 0 Å². The summed E-state index contributed by atoms with van der Waals surface area (Å²) < 4.78 is 26.5. The zero-order chi connectivity index (χ0) is 21.1. The van der Waals surface area contributed by atoms with Gasteiger partial charge in [0.25, 0.3) is 15.9 Å². The van der Waals surface area contributed by atoms with Gasteiger partial charge in [-0.25, -0.2) is 8.42 Å². The van der Waals surface area contributed by atoms with Gasteiger partial charge in [0.15, 0.2) is 0 Å². The molecule has 0 fully saturated rings. The van der Waals surface area contributed by atoms with E-state index in [0.717, 1.165) is 0 Å². The fraction of sp³-hybridized carbons (Fsp3) is 0.0500. The van der Waals surface area contributed by atoms with Crippen LogP contribution in [0.2, 0.25) is 0 Å². The summed E-state index contributed by atoms with van der Waals surface area (Å²) in [5.74, 6) is -0.516. The number of hydrogen-bond donors (Lipinski definition) is 3. The molecule has 2 amide bonds. The summed E-state index contributed by atoms with van der Waals surface area (Å²) in [5.41, 5.74) is 1.45. The highest BCUT2D eigenvalue weighted by Gasteiger charge is 2.30. The number of carbonyl (C=O) groups excluding carboxylic acids is 2. The Morgan fingerprint density at radius 1 is 0.967 bits per heavy atom. The van der Waals surface area contributed by atoms with Gasteiger partial charge in [0.2, 0.25) is 5.91 Å². The van der Waals surface area contributed by atoms with Gasteiger partial charge < -0.3 is 10.6 Å². The highest BCUT2D eigenvalue weighted by molar-refractivity contribution is 7.90. The van der Waals surface area contributed by atoms with Crippen LogP contribution in [0.5, 0.6) is 0 Å². The van der Waals surface area contributed by atoms with Gasteiger partial charge in [-0.15, -0.1) is 11.3 Å². The maximum absolute atomic E-state index is 12.3. The van der Waals surface area contributed by atoms with Crippen molar-refractivity contribution in [3.05, 3.63) is 76.5 Å². The molecule has 2 heterocycles. The molecule has 0 aliphatic carbocycles. The molecule has 0 saturated carbocycles. The minimum absolute atomic E-state index is 0.137. The van der Waals surface area contributed by atoms with Gasteiger partial charge in [0.1, 0.15) is 12.4 Å². The van der Waals surface area contributed by atoms with Crippen molar-refractivity contribution in [3.63, 3.8) is 0 Å². The van der Waals surface area contributed by atoms with Gasteiger partial charge in [0.05, 0.1) is 9.77 Å². The van der Waals surface area contributed by atoms with Crippen LogP contribution in [0.3, 0.4) is 0 Å². The van der Waals surface area contributed by atoms with Crippen molar-refractivity contribution in [2.45, 2.75) is 4.90 Å². The molecule has 0 radical (unpaired) electrons. The normalized spacial score (nSPS) is 15.3. The first-order valence-corrected chi connectivity index (χ1v) is 11.2. The second-order valence-corrected chi connectivity index (χ2v) is 8.93. The summed E-state index contributed by atoms with van der Waals surface area (Å²) in [6, 6.07) is 16.7. The zero-order valence-corrected chi connectivity index (χ0v) is 17.1. The minimum atomic E-state index is -3.65.